The van der Waals surface area contributed by atoms with Crippen molar-refractivity contribution in [3.63, 3.8) is 0 Å². The van der Waals surface area contributed by atoms with E-state index in [-0.39, 0.29) is 23.2 Å². The van der Waals surface area contributed by atoms with Crippen LogP contribution >= 0.6 is 11.6 Å². The lowest BCUT2D eigenvalue weighted by Crippen LogP contribution is -2.45. The Balaban J connectivity index is 1.39. The van der Waals surface area contributed by atoms with Crippen molar-refractivity contribution in [2.24, 2.45) is 0 Å². The summed E-state index contributed by atoms with van der Waals surface area (Å²) >= 11 is 5.77. The average Bonchev–Trinajstić information content (AvgIpc) is 2.69. The first-order valence-corrected chi connectivity index (χ1v) is 9.08. The largest absolute Gasteiger partial charge is 0.355 e. The van der Waals surface area contributed by atoms with Crippen molar-refractivity contribution < 1.29 is 9.18 Å². The maximum absolute atomic E-state index is 13.9. The number of piperidine rings is 1. The van der Waals surface area contributed by atoms with Gasteiger partial charge in [-0.25, -0.2) is 9.37 Å². The first-order chi connectivity index (χ1) is 13.1. The molecular weight excluding hydrogens is 369 g/mol. The standard InChI is InChI=1S/C19H17ClFN5O/c20-16-6-7-17(25-24-16)26-10-8-13(9-11-26)22-19(27)15-5-4-12-2-1-3-14(21)18(12)23-15/h1-7,13H,8-11H2,(H,22,27). The number of hydrogen-bond acceptors (Lipinski definition) is 5. The van der Waals surface area contributed by atoms with Crippen LogP contribution < -0.4 is 10.2 Å². The number of nitrogens with one attached hydrogen (secondary N) is 1. The van der Waals surface area contributed by atoms with Gasteiger partial charge in [0.05, 0.1) is 0 Å². The second-order valence-electron chi connectivity index (χ2n) is 6.46. The summed E-state index contributed by atoms with van der Waals surface area (Å²) in [6.07, 6.45) is 1.55. The van der Waals surface area contributed by atoms with E-state index in [9.17, 15) is 9.18 Å². The molecule has 27 heavy (non-hydrogen) atoms. The third kappa shape index (κ3) is 3.83. The van der Waals surface area contributed by atoms with Gasteiger partial charge in [0, 0.05) is 24.5 Å². The summed E-state index contributed by atoms with van der Waals surface area (Å²) in [6, 6.07) is 11.6. The molecule has 0 radical (unpaired) electrons. The molecule has 3 heterocycles. The number of rotatable bonds is 3. The van der Waals surface area contributed by atoms with Gasteiger partial charge in [-0.3, -0.25) is 4.79 Å². The van der Waals surface area contributed by atoms with E-state index in [0.29, 0.717) is 10.5 Å². The highest BCUT2D eigenvalue weighted by atomic mass is 35.5. The quantitative estimate of drug-likeness (QED) is 0.749. The molecule has 1 aromatic carbocycles. The van der Waals surface area contributed by atoms with Gasteiger partial charge in [0.1, 0.15) is 17.0 Å². The highest BCUT2D eigenvalue weighted by Crippen LogP contribution is 2.19. The molecule has 0 atom stereocenters. The first-order valence-electron chi connectivity index (χ1n) is 8.70. The fourth-order valence-corrected chi connectivity index (χ4v) is 3.33. The molecule has 8 heteroatoms. The van der Waals surface area contributed by atoms with Crippen LogP contribution in [0.4, 0.5) is 10.2 Å². The smallest absolute Gasteiger partial charge is 0.270 e. The summed E-state index contributed by atoms with van der Waals surface area (Å²) in [6.45, 7) is 1.50. The van der Waals surface area contributed by atoms with Crippen LogP contribution in [0.3, 0.4) is 0 Å². The molecule has 3 aromatic rings. The monoisotopic (exact) mass is 385 g/mol. The van der Waals surface area contributed by atoms with E-state index in [4.69, 9.17) is 11.6 Å². The lowest BCUT2D eigenvalue weighted by atomic mass is 10.0. The number of fused-ring (bicyclic) bond motifs is 1. The zero-order valence-electron chi connectivity index (χ0n) is 14.4. The highest BCUT2D eigenvalue weighted by molar-refractivity contribution is 6.29. The maximum atomic E-state index is 13.9. The second-order valence-corrected chi connectivity index (χ2v) is 6.84. The minimum atomic E-state index is -0.431. The van der Waals surface area contributed by atoms with Gasteiger partial charge in [-0.15, -0.1) is 10.2 Å². The SMILES string of the molecule is O=C(NC1CCN(c2ccc(Cl)nn2)CC1)c1ccc2cccc(F)c2n1. The summed E-state index contributed by atoms with van der Waals surface area (Å²) in [5.74, 6) is 0.0558. The minimum Gasteiger partial charge on any atom is -0.355 e. The number of nitrogens with zero attached hydrogens (tertiary/aromatic N) is 4. The van der Waals surface area contributed by atoms with Gasteiger partial charge in [0.2, 0.25) is 0 Å². The van der Waals surface area contributed by atoms with Crippen molar-refractivity contribution >= 4 is 34.2 Å². The number of halogens is 2. The fourth-order valence-electron chi connectivity index (χ4n) is 3.23. The molecule has 1 fully saturated rings. The fraction of sp³-hybridized carbons (Fsp3) is 0.263. The molecule has 138 valence electrons. The molecule has 6 nitrogen and oxygen atoms in total. The predicted octanol–water partition coefficient (Wildman–Crippen LogP) is 3.22. The van der Waals surface area contributed by atoms with Crippen molar-refractivity contribution in [2.75, 3.05) is 18.0 Å². The number of pyridine rings is 1. The van der Waals surface area contributed by atoms with E-state index in [2.05, 4.69) is 25.4 Å². The molecule has 1 aliphatic heterocycles. The minimum absolute atomic E-state index is 0.0344. The van der Waals surface area contributed by atoms with Crippen molar-refractivity contribution in [1.82, 2.24) is 20.5 Å². The van der Waals surface area contributed by atoms with Crippen molar-refractivity contribution in [3.05, 3.63) is 59.1 Å². The lowest BCUT2D eigenvalue weighted by molar-refractivity contribution is 0.0926. The molecule has 0 unspecified atom stereocenters. The first kappa shape index (κ1) is 17.6. The summed E-state index contributed by atoms with van der Waals surface area (Å²) in [7, 11) is 0. The molecule has 1 amide bonds. The van der Waals surface area contributed by atoms with Crippen LogP contribution in [0.1, 0.15) is 23.3 Å². The van der Waals surface area contributed by atoms with Crippen LogP contribution in [0.2, 0.25) is 5.15 Å². The second kappa shape index (κ2) is 7.44. The number of benzene rings is 1. The third-order valence-corrected chi connectivity index (χ3v) is 4.88. The average molecular weight is 386 g/mol. The van der Waals surface area contributed by atoms with Crippen LogP contribution in [-0.4, -0.2) is 40.2 Å². The van der Waals surface area contributed by atoms with E-state index in [0.717, 1.165) is 31.7 Å². The van der Waals surface area contributed by atoms with Crippen molar-refractivity contribution in [3.8, 4) is 0 Å². The number of para-hydroxylation sites is 1. The van der Waals surface area contributed by atoms with Gasteiger partial charge in [-0.05, 0) is 37.1 Å². The number of amides is 1. The molecule has 1 saturated heterocycles. The zero-order valence-corrected chi connectivity index (χ0v) is 15.2. The van der Waals surface area contributed by atoms with Crippen molar-refractivity contribution in [1.29, 1.82) is 0 Å². The number of aromatic nitrogens is 3. The number of carbonyl (C=O) groups excluding carboxylic acids is 1. The van der Waals surface area contributed by atoms with E-state index in [1.165, 1.54) is 6.07 Å². The lowest BCUT2D eigenvalue weighted by Gasteiger charge is -2.32. The van der Waals surface area contributed by atoms with Crippen LogP contribution in [0.25, 0.3) is 10.9 Å². The Morgan fingerprint density at radius 2 is 1.93 bits per heavy atom. The molecule has 1 N–H and O–H groups in total. The van der Waals surface area contributed by atoms with Gasteiger partial charge in [0.15, 0.2) is 11.0 Å². The third-order valence-electron chi connectivity index (χ3n) is 4.68. The Kier molecular flexibility index (Phi) is 4.85. The summed E-state index contributed by atoms with van der Waals surface area (Å²) in [5, 5.41) is 12.0. The summed E-state index contributed by atoms with van der Waals surface area (Å²) in [4.78, 5) is 18.8. The Morgan fingerprint density at radius 3 is 2.67 bits per heavy atom. The van der Waals surface area contributed by atoms with Crippen LogP contribution in [0, 0.1) is 5.82 Å². The van der Waals surface area contributed by atoms with E-state index < -0.39 is 5.82 Å². The molecule has 1 aliphatic rings. The summed E-state index contributed by atoms with van der Waals surface area (Å²) in [5.41, 5.74) is 0.430. The van der Waals surface area contributed by atoms with Crippen LogP contribution in [0.5, 0.6) is 0 Å². The highest BCUT2D eigenvalue weighted by Gasteiger charge is 2.22. The van der Waals surface area contributed by atoms with E-state index >= 15 is 0 Å². The zero-order chi connectivity index (χ0) is 18.8. The van der Waals surface area contributed by atoms with Gasteiger partial charge in [-0.1, -0.05) is 29.8 Å². The van der Waals surface area contributed by atoms with Gasteiger partial charge >= 0.3 is 0 Å². The number of carbonyl (C=O) groups is 1. The molecule has 0 bridgehead atoms. The normalized spacial score (nSPS) is 15.1. The molecule has 0 aliphatic carbocycles. The topological polar surface area (TPSA) is 71.0 Å². The van der Waals surface area contributed by atoms with Crippen molar-refractivity contribution in [2.45, 2.75) is 18.9 Å². The van der Waals surface area contributed by atoms with Crippen LogP contribution in [0.15, 0.2) is 42.5 Å². The van der Waals surface area contributed by atoms with Crippen LogP contribution in [-0.2, 0) is 0 Å². The Bertz CT molecular complexity index is 974. The molecule has 4 rings (SSSR count). The molecule has 2 aromatic heterocycles. The maximum Gasteiger partial charge on any atom is 0.270 e. The molecule has 0 spiro atoms. The Morgan fingerprint density at radius 1 is 1.11 bits per heavy atom. The van der Waals surface area contributed by atoms with Gasteiger partial charge in [0.25, 0.3) is 5.91 Å². The molecule has 0 saturated carbocycles. The molecular formula is C19H17ClFN5O. The Labute approximate surface area is 160 Å². The van der Waals surface area contributed by atoms with E-state index in [1.807, 2.05) is 6.07 Å². The van der Waals surface area contributed by atoms with Gasteiger partial charge in [-0.2, -0.15) is 0 Å². The predicted molar refractivity (Wildman–Crippen MR) is 101 cm³/mol. The van der Waals surface area contributed by atoms with Gasteiger partial charge < -0.3 is 10.2 Å². The Hall–Kier alpha value is -2.80. The summed E-state index contributed by atoms with van der Waals surface area (Å²) < 4.78 is 13.9. The number of hydrogen-bond donors (Lipinski definition) is 1. The number of anilines is 1. The van der Waals surface area contributed by atoms with E-state index in [1.54, 1.807) is 30.3 Å².